The van der Waals surface area contributed by atoms with E-state index in [9.17, 15) is 4.79 Å². The first-order valence-corrected chi connectivity index (χ1v) is 9.39. The van der Waals surface area contributed by atoms with Gasteiger partial charge < -0.3 is 10.6 Å². The van der Waals surface area contributed by atoms with E-state index in [1.807, 2.05) is 25.1 Å². The SMILES string of the molecule is Cc1cnc(N[C@H]2CC[C@H](Nc3ccc(-n4cc(C#N)ccc4=O)cn3)C2)nn1. The Kier molecular flexibility index (Phi) is 5.16. The van der Waals surface area contributed by atoms with Gasteiger partial charge in [-0.15, -0.1) is 5.10 Å². The molecule has 9 heteroatoms. The van der Waals surface area contributed by atoms with Crippen LogP contribution < -0.4 is 16.2 Å². The van der Waals surface area contributed by atoms with E-state index < -0.39 is 0 Å². The summed E-state index contributed by atoms with van der Waals surface area (Å²) < 4.78 is 1.42. The maximum absolute atomic E-state index is 12.0. The lowest BCUT2D eigenvalue weighted by Gasteiger charge is -2.15. The highest BCUT2D eigenvalue weighted by Crippen LogP contribution is 2.24. The van der Waals surface area contributed by atoms with E-state index in [1.165, 1.54) is 22.9 Å². The summed E-state index contributed by atoms with van der Waals surface area (Å²) >= 11 is 0. The first kappa shape index (κ1) is 18.6. The van der Waals surface area contributed by atoms with Gasteiger partial charge in [-0.2, -0.15) is 10.4 Å². The molecular formula is C20H20N8O. The molecule has 4 rings (SSSR count). The second-order valence-corrected chi connectivity index (χ2v) is 7.06. The van der Waals surface area contributed by atoms with E-state index in [0.717, 1.165) is 30.8 Å². The Morgan fingerprint density at radius 1 is 1.07 bits per heavy atom. The Morgan fingerprint density at radius 3 is 2.59 bits per heavy atom. The minimum Gasteiger partial charge on any atom is -0.367 e. The molecule has 3 heterocycles. The van der Waals surface area contributed by atoms with Crippen molar-refractivity contribution in [2.75, 3.05) is 10.6 Å². The fourth-order valence-corrected chi connectivity index (χ4v) is 3.40. The molecule has 1 fully saturated rings. The van der Waals surface area contributed by atoms with Gasteiger partial charge in [-0.05, 0) is 44.4 Å². The molecule has 2 atom stereocenters. The minimum absolute atomic E-state index is 0.205. The Bertz CT molecular complexity index is 1090. The van der Waals surface area contributed by atoms with Crippen LogP contribution in [0.2, 0.25) is 0 Å². The lowest BCUT2D eigenvalue weighted by molar-refractivity contribution is 0.712. The van der Waals surface area contributed by atoms with E-state index in [0.29, 0.717) is 17.2 Å². The minimum atomic E-state index is -0.205. The normalized spacial score (nSPS) is 18.2. The van der Waals surface area contributed by atoms with Crippen LogP contribution in [0.4, 0.5) is 11.8 Å². The van der Waals surface area contributed by atoms with E-state index in [1.54, 1.807) is 12.4 Å². The van der Waals surface area contributed by atoms with Crippen LogP contribution in [0.5, 0.6) is 0 Å². The highest BCUT2D eigenvalue weighted by Gasteiger charge is 2.25. The van der Waals surface area contributed by atoms with Crippen molar-refractivity contribution >= 4 is 11.8 Å². The highest BCUT2D eigenvalue weighted by molar-refractivity contribution is 5.43. The molecule has 1 aliphatic rings. The van der Waals surface area contributed by atoms with E-state index in [2.05, 4.69) is 30.8 Å². The second kappa shape index (κ2) is 8.06. The number of hydrogen-bond donors (Lipinski definition) is 2. The summed E-state index contributed by atoms with van der Waals surface area (Å²) in [5.74, 6) is 1.30. The zero-order valence-corrected chi connectivity index (χ0v) is 15.9. The number of nitriles is 1. The summed E-state index contributed by atoms with van der Waals surface area (Å²) in [6, 6.07) is 9.14. The standard InChI is InChI=1S/C20H20N8O/c1-13-10-23-20(27-26-13)25-16-4-3-15(8-16)24-18-6-5-17(11-22-18)28-12-14(9-21)2-7-19(28)29/h2,5-7,10-12,15-16H,3-4,8H2,1H3,(H,22,24)(H,23,25,27)/t15-,16-/m0/s1. The summed E-state index contributed by atoms with van der Waals surface area (Å²) in [7, 11) is 0. The molecule has 0 aliphatic heterocycles. The van der Waals surface area contributed by atoms with Gasteiger partial charge in [-0.1, -0.05) is 0 Å². The monoisotopic (exact) mass is 388 g/mol. The van der Waals surface area contributed by atoms with Crippen molar-refractivity contribution in [1.82, 2.24) is 24.7 Å². The molecule has 0 bridgehead atoms. The van der Waals surface area contributed by atoms with E-state index >= 15 is 0 Å². The summed E-state index contributed by atoms with van der Waals surface area (Å²) in [5, 5.41) is 23.9. The van der Waals surface area contributed by atoms with Gasteiger partial charge in [-0.3, -0.25) is 9.36 Å². The van der Waals surface area contributed by atoms with Gasteiger partial charge in [0.25, 0.3) is 5.56 Å². The maximum atomic E-state index is 12.0. The molecule has 0 amide bonds. The molecular weight excluding hydrogens is 368 g/mol. The molecule has 0 radical (unpaired) electrons. The lowest BCUT2D eigenvalue weighted by atomic mass is 10.2. The van der Waals surface area contributed by atoms with Gasteiger partial charge in [0.2, 0.25) is 5.95 Å². The van der Waals surface area contributed by atoms with Crippen LogP contribution in [0.1, 0.15) is 30.5 Å². The van der Waals surface area contributed by atoms with Crippen LogP contribution in [0, 0.1) is 18.3 Å². The smallest absolute Gasteiger partial charge is 0.255 e. The first-order valence-electron chi connectivity index (χ1n) is 9.39. The van der Waals surface area contributed by atoms with Gasteiger partial charge in [0, 0.05) is 24.3 Å². The van der Waals surface area contributed by atoms with Gasteiger partial charge in [0.15, 0.2) is 0 Å². The van der Waals surface area contributed by atoms with Crippen LogP contribution in [0.15, 0.2) is 47.7 Å². The predicted octanol–water partition coefficient (Wildman–Crippen LogP) is 2.04. The number of anilines is 2. The van der Waals surface area contributed by atoms with Crippen LogP contribution in [-0.4, -0.2) is 36.8 Å². The molecule has 9 nitrogen and oxygen atoms in total. The molecule has 3 aromatic heterocycles. The van der Waals surface area contributed by atoms with Crippen molar-refractivity contribution in [2.24, 2.45) is 0 Å². The number of rotatable bonds is 5. The van der Waals surface area contributed by atoms with Gasteiger partial charge >= 0.3 is 0 Å². The van der Waals surface area contributed by atoms with E-state index in [-0.39, 0.29) is 17.6 Å². The lowest BCUT2D eigenvalue weighted by Crippen LogP contribution is -2.22. The van der Waals surface area contributed by atoms with Crippen molar-refractivity contribution in [1.29, 1.82) is 5.26 Å². The molecule has 0 aromatic carbocycles. The molecule has 146 valence electrons. The third-order valence-electron chi connectivity index (χ3n) is 4.86. The predicted molar refractivity (Wildman–Crippen MR) is 108 cm³/mol. The first-order chi connectivity index (χ1) is 14.1. The van der Waals surface area contributed by atoms with E-state index in [4.69, 9.17) is 5.26 Å². The molecule has 29 heavy (non-hydrogen) atoms. The largest absolute Gasteiger partial charge is 0.367 e. The van der Waals surface area contributed by atoms with Crippen LogP contribution in [0.25, 0.3) is 5.69 Å². The number of pyridine rings is 2. The molecule has 1 aliphatic carbocycles. The Morgan fingerprint density at radius 2 is 1.90 bits per heavy atom. The van der Waals surface area contributed by atoms with Crippen molar-refractivity contribution in [2.45, 2.75) is 38.3 Å². The number of hydrogen-bond acceptors (Lipinski definition) is 8. The average Bonchev–Trinajstić information content (AvgIpc) is 3.17. The average molecular weight is 388 g/mol. The highest BCUT2D eigenvalue weighted by atomic mass is 16.1. The molecule has 1 saturated carbocycles. The van der Waals surface area contributed by atoms with Gasteiger partial charge in [0.1, 0.15) is 11.9 Å². The van der Waals surface area contributed by atoms with Crippen LogP contribution in [-0.2, 0) is 0 Å². The molecule has 2 N–H and O–H groups in total. The Labute approximate surface area is 167 Å². The van der Waals surface area contributed by atoms with Crippen molar-refractivity contribution in [3.8, 4) is 11.8 Å². The van der Waals surface area contributed by atoms with Gasteiger partial charge in [-0.25, -0.2) is 9.97 Å². The quantitative estimate of drug-likeness (QED) is 0.681. The zero-order chi connectivity index (χ0) is 20.2. The zero-order valence-electron chi connectivity index (χ0n) is 15.9. The number of nitrogens with one attached hydrogen (secondary N) is 2. The maximum Gasteiger partial charge on any atom is 0.255 e. The Hall–Kier alpha value is -3.80. The number of aromatic nitrogens is 5. The van der Waals surface area contributed by atoms with Gasteiger partial charge in [0.05, 0.1) is 29.3 Å². The third kappa shape index (κ3) is 4.38. The van der Waals surface area contributed by atoms with Crippen molar-refractivity contribution in [3.05, 3.63) is 64.5 Å². The van der Waals surface area contributed by atoms with Crippen molar-refractivity contribution in [3.63, 3.8) is 0 Å². The second-order valence-electron chi connectivity index (χ2n) is 7.06. The summed E-state index contributed by atoms with van der Waals surface area (Å²) in [4.78, 5) is 20.7. The van der Waals surface area contributed by atoms with Crippen LogP contribution in [0.3, 0.4) is 0 Å². The Balaban J connectivity index is 1.38. The fourth-order valence-electron chi connectivity index (χ4n) is 3.40. The molecule has 0 spiro atoms. The summed E-state index contributed by atoms with van der Waals surface area (Å²) in [6.07, 6.45) is 7.77. The third-order valence-corrected chi connectivity index (χ3v) is 4.86. The molecule has 0 unspecified atom stereocenters. The number of nitrogens with zero attached hydrogens (tertiary/aromatic N) is 6. The fraction of sp³-hybridized carbons (Fsp3) is 0.300. The summed E-state index contributed by atoms with van der Waals surface area (Å²) in [6.45, 7) is 1.86. The number of aryl methyl sites for hydroxylation is 1. The van der Waals surface area contributed by atoms with Crippen molar-refractivity contribution < 1.29 is 0 Å². The molecule has 0 saturated heterocycles. The summed E-state index contributed by atoms with van der Waals surface area (Å²) in [5.41, 5.74) is 1.62. The molecule has 3 aromatic rings. The topological polar surface area (TPSA) is 121 Å². The van der Waals surface area contributed by atoms with Crippen LogP contribution >= 0.6 is 0 Å².